The summed E-state index contributed by atoms with van der Waals surface area (Å²) in [4.78, 5) is 35.0. The van der Waals surface area contributed by atoms with Gasteiger partial charge in [0.25, 0.3) is 5.56 Å². The van der Waals surface area contributed by atoms with Gasteiger partial charge >= 0.3 is 5.97 Å². The number of piperidine rings is 2. The molecule has 1 aromatic carbocycles. The van der Waals surface area contributed by atoms with Crippen molar-refractivity contribution in [2.45, 2.75) is 114 Å². The number of carboxylic acids is 1. The summed E-state index contributed by atoms with van der Waals surface area (Å²) in [5, 5.41) is 9.63. The Kier molecular flexibility index (Phi) is 5.92. The lowest BCUT2D eigenvalue weighted by molar-refractivity contribution is -0.140. The summed E-state index contributed by atoms with van der Waals surface area (Å²) in [6, 6.07) is 10.9. The van der Waals surface area contributed by atoms with E-state index in [0.29, 0.717) is 36.6 Å². The Balaban J connectivity index is 1.22. The Morgan fingerprint density at radius 2 is 1.54 bits per heavy atom. The van der Waals surface area contributed by atoms with Crippen molar-refractivity contribution in [2.75, 3.05) is 11.4 Å². The van der Waals surface area contributed by atoms with Gasteiger partial charge in [0.2, 0.25) is 0 Å². The Morgan fingerprint density at radius 3 is 2.19 bits per heavy atom. The molecule has 3 saturated heterocycles. The van der Waals surface area contributed by atoms with Crippen LogP contribution in [0.25, 0.3) is 11.0 Å². The summed E-state index contributed by atoms with van der Waals surface area (Å²) < 4.78 is 1.96. The van der Waals surface area contributed by atoms with Crippen molar-refractivity contribution in [2.24, 2.45) is 11.8 Å². The highest BCUT2D eigenvalue weighted by atomic mass is 16.4. The zero-order valence-electron chi connectivity index (χ0n) is 21.6. The van der Waals surface area contributed by atoms with E-state index < -0.39 is 12.0 Å². The summed E-state index contributed by atoms with van der Waals surface area (Å²) >= 11 is 0. The van der Waals surface area contributed by atoms with Gasteiger partial charge in [-0.05, 0) is 63.2 Å². The van der Waals surface area contributed by atoms with Crippen LogP contribution in [0.3, 0.4) is 0 Å². The first-order chi connectivity index (χ1) is 18.1. The fourth-order valence-corrected chi connectivity index (χ4v) is 8.78. The third kappa shape index (κ3) is 4.03. The maximum Gasteiger partial charge on any atom is 0.326 e. The van der Waals surface area contributed by atoms with Crippen LogP contribution in [-0.2, 0) is 4.79 Å². The molecular formula is C30H38N4O3. The topological polar surface area (TPSA) is 78.7 Å². The number of aliphatic carboxylic acids is 1. The predicted octanol–water partition coefficient (Wildman–Crippen LogP) is 4.58. The minimum Gasteiger partial charge on any atom is -0.480 e. The molecule has 0 amide bonds. The normalized spacial score (nSPS) is 35.9. The molecular weight excluding hydrogens is 464 g/mol. The monoisotopic (exact) mass is 502 g/mol. The minimum atomic E-state index is -0.886. The van der Waals surface area contributed by atoms with E-state index in [1.165, 1.54) is 64.2 Å². The van der Waals surface area contributed by atoms with Gasteiger partial charge in [0.05, 0.1) is 11.0 Å². The van der Waals surface area contributed by atoms with Gasteiger partial charge in [-0.15, -0.1) is 0 Å². The molecule has 1 aromatic heterocycles. The maximum absolute atomic E-state index is 14.0. The zero-order chi connectivity index (χ0) is 25.1. The van der Waals surface area contributed by atoms with Gasteiger partial charge in [-0.3, -0.25) is 14.3 Å². The smallest absolute Gasteiger partial charge is 0.326 e. The molecule has 5 fully saturated rings. The molecule has 4 heterocycles. The van der Waals surface area contributed by atoms with Gasteiger partial charge < -0.3 is 10.0 Å². The second kappa shape index (κ2) is 9.31. The third-order valence-electron chi connectivity index (χ3n) is 10.4. The SMILES string of the molecule is O=C(O)C1CCN1c1nc2cc#ccc2n(C2CC3CCCC(C2)N3C2CC3CCCCC(C3)C2)c1=O. The average molecular weight is 503 g/mol. The molecule has 7 heteroatoms. The Labute approximate surface area is 218 Å². The fourth-order valence-electron chi connectivity index (χ4n) is 8.78. The molecule has 0 spiro atoms. The van der Waals surface area contributed by atoms with Gasteiger partial charge in [-0.1, -0.05) is 44.2 Å². The van der Waals surface area contributed by atoms with Gasteiger partial charge in [-0.2, -0.15) is 0 Å². The number of fused-ring (bicyclic) bond motifs is 5. The standard InChI is InChI=1S/C30H38N4O3/c35-29-28(32-13-12-27(32)30(36)37)31-25-10-3-4-11-26(25)34(29)24-17-21-8-5-9-22(18-24)33(21)23-15-19-6-1-2-7-20(14-19)16-23/h10-11,19-24,27H,1-2,5-9,12-18H2,(H,36,37). The van der Waals surface area contributed by atoms with Crippen molar-refractivity contribution in [3.8, 4) is 0 Å². The average Bonchev–Trinajstić information content (AvgIpc) is 3.02. The number of aromatic nitrogens is 2. The van der Waals surface area contributed by atoms with Gasteiger partial charge in [0.15, 0.2) is 5.82 Å². The van der Waals surface area contributed by atoms with Crippen LogP contribution >= 0.6 is 0 Å². The molecule has 37 heavy (non-hydrogen) atoms. The summed E-state index contributed by atoms with van der Waals surface area (Å²) in [6.45, 7) is 0.557. The molecule has 0 radical (unpaired) electrons. The summed E-state index contributed by atoms with van der Waals surface area (Å²) in [7, 11) is 0. The van der Waals surface area contributed by atoms with E-state index in [-0.39, 0.29) is 17.4 Å². The van der Waals surface area contributed by atoms with Gasteiger partial charge in [0.1, 0.15) is 6.04 Å². The predicted molar refractivity (Wildman–Crippen MR) is 142 cm³/mol. The first-order valence-corrected chi connectivity index (χ1v) is 14.7. The van der Waals surface area contributed by atoms with Crippen LogP contribution in [0.2, 0.25) is 0 Å². The zero-order valence-corrected chi connectivity index (χ0v) is 21.6. The van der Waals surface area contributed by atoms with E-state index in [2.05, 4.69) is 22.0 Å². The Morgan fingerprint density at radius 1 is 0.838 bits per heavy atom. The molecule has 7 rings (SSSR count). The van der Waals surface area contributed by atoms with Crippen LogP contribution in [-0.4, -0.2) is 56.2 Å². The second-order valence-corrected chi connectivity index (χ2v) is 12.5. The molecule has 2 aliphatic carbocycles. The van der Waals surface area contributed by atoms with E-state index in [9.17, 15) is 14.7 Å². The summed E-state index contributed by atoms with van der Waals surface area (Å²) in [5.74, 6) is 1.21. The molecule has 3 aliphatic heterocycles. The van der Waals surface area contributed by atoms with E-state index in [4.69, 9.17) is 0 Å². The second-order valence-electron chi connectivity index (χ2n) is 12.5. The summed E-state index contributed by atoms with van der Waals surface area (Å²) in [5.41, 5.74) is 1.37. The van der Waals surface area contributed by atoms with E-state index in [1.807, 2.05) is 10.6 Å². The highest BCUT2D eigenvalue weighted by molar-refractivity contribution is 5.81. The Bertz CT molecular complexity index is 1220. The third-order valence-corrected chi connectivity index (χ3v) is 10.4. The molecule has 4 bridgehead atoms. The van der Waals surface area contributed by atoms with E-state index >= 15 is 0 Å². The fraction of sp³-hybridized carbons (Fsp3) is 0.700. The van der Waals surface area contributed by atoms with Crippen LogP contribution < -0.4 is 10.5 Å². The number of rotatable bonds is 4. The molecule has 2 saturated carbocycles. The van der Waals surface area contributed by atoms with Gasteiger partial charge in [0, 0.05) is 42.8 Å². The lowest BCUT2D eigenvalue weighted by atomic mass is 9.73. The van der Waals surface area contributed by atoms with Crippen molar-refractivity contribution in [3.63, 3.8) is 0 Å². The number of anilines is 1. The number of hydrogen-bond acceptors (Lipinski definition) is 5. The number of nitrogens with zero attached hydrogens (tertiary/aromatic N) is 4. The largest absolute Gasteiger partial charge is 0.480 e. The molecule has 196 valence electrons. The molecule has 5 unspecified atom stereocenters. The quantitative estimate of drug-likeness (QED) is 0.660. The number of carbonyl (C=O) groups is 1. The molecule has 1 N–H and O–H groups in total. The van der Waals surface area contributed by atoms with Crippen molar-refractivity contribution in [3.05, 3.63) is 34.6 Å². The van der Waals surface area contributed by atoms with E-state index in [0.717, 1.165) is 30.2 Å². The van der Waals surface area contributed by atoms with Crippen LogP contribution in [0.15, 0.2) is 16.9 Å². The highest BCUT2D eigenvalue weighted by Crippen LogP contribution is 2.47. The van der Waals surface area contributed by atoms with E-state index in [1.54, 1.807) is 11.0 Å². The Hall–Kier alpha value is -2.59. The molecule has 2 aromatic rings. The van der Waals surface area contributed by atoms with Crippen LogP contribution in [0.1, 0.15) is 89.5 Å². The lowest BCUT2D eigenvalue weighted by Crippen LogP contribution is -2.59. The first-order valence-electron chi connectivity index (χ1n) is 14.7. The minimum absolute atomic E-state index is 0.106. The molecule has 5 aliphatic rings. The van der Waals surface area contributed by atoms with Crippen molar-refractivity contribution in [1.82, 2.24) is 14.5 Å². The van der Waals surface area contributed by atoms with Crippen LogP contribution in [0.4, 0.5) is 5.82 Å². The van der Waals surface area contributed by atoms with Crippen molar-refractivity contribution < 1.29 is 9.90 Å². The maximum atomic E-state index is 14.0. The first kappa shape index (κ1) is 23.5. The molecule has 7 nitrogen and oxygen atoms in total. The van der Waals surface area contributed by atoms with Gasteiger partial charge in [-0.25, -0.2) is 9.78 Å². The lowest BCUT2D eigenvalue weighted by Gasteiger charge is -2.54. The number of hydrogen-bond donors (Lipinski definition) is 1. The van der Waals surface area contributed by atoms with Crippen molar-refractivity contribution >= 4 is 22.8 Å². The van der Waals surface area contributed by atoms with Crippen molar-refractivity contribution in [1.29, 1.82) is 0 Å². The van der Waals surface area contributed by atoms with Crippen LogP contribution in [0.5, 0.6) is 0 Å². The van der Waals surface area contributed by atoms with Crippen LogP contribution in [0, 0.1) is 24.0 Å². The highest BCUT2D eigenvalue weighted by Gasteiger charge is 2.45. The molecule has 5 atom stereocenters. The summed E-state index contributed by atoms with van der Waals surface area (Å²) in [6.07, 6.45) is 16.1. The number of carboxylic acid groups (broad SMARTS) is 1.